The molecule has 1 aliphatic heterocycles. The molecule has 2 amide bonds. The number of hydrogen-bond donors (Lipinski definition) is 1. The van der Waals surface area contributed by atoms with Crippen molar-refractivity contribution < 1.29 is 4.79 Å². The molecule has 3 rings (SSSR count). The van der Waals surface area contributed by atoms with Gasteiger partial charge in [0.2, 0.25) is 0 Å². The van der Waals surface area contributed by atoms with Crippen LogP contribution in [-0.2, 0) is 0 Å². The number of nitrogens with zero attached hydrogens (tertiary/aromatic N) is 3. The van der Waals surface area contributed by atoms with E-state index in [0.29, 0.717) is 24.3 Å². The van der Waals surface area contributed by atoms with E-state index < -0.39 is 0 Å². The van der Waals surface area contributed by atoms with Crippen molar-refractivity contribution in [2.45, 2.75) is 13.8 Å². The number of benzene rings is 2. The summed E-state index contributed by atoms with van der Waals surface area (Å²) in [5, 5.41) is 12.0. The largest absolute Gasteiger partial charge is 0.368 e. The molecular formula is C20H22N4O. The molecule has 0 aromatic heterocycles. The lowest BCUT2D eigenvalue weighted by molar-refractivity contribution is 0.208. The predicted octanol–water partition coefficient (Wildman–Crippen LogP) is 3.53. The second kappa shape index (κ2) is 7.27. The first-order valence-electron chi connectivity index (χ1n) is 8.46. The van der Waals surface area contributed by atoms with Crippen LogP contribution < -0.4 is 10.2 Å². The summed E-state index contributed by atoms with van der Waals surface area (Å²) in [6, 6.07) is 15.5. The van der Waals surface area contributed by atoms with Gasteiger partial charge in [0, 0.05) is 31.9 Å². The molecule has 5 heteroatoms. The number of urea groups is 1. The van der Waals surface area contributed by atoms with E-state index in [9.17, 15) is 4.79 Å². The van der Waals surface area contributed by atoms with Gasteiger partial charge in [0.1, 0.15) is 6.07 Å². The first-order chi connectivity index (χ1) is 12.1. The Labute approximate surface area is 148 Å². The van der Waals surface area contributed by atoms with Gasteiger partial charge in [0.25, 0.3) is 0 Å². The van der Waals surface area contributed by atoms with E-state index in [2.05, 4.69) is 48.3 Å². The van der Waals surface area contributed by atoms with E-state index in [1.807, 2.05) is 6.07 Å². The summed E-state index contributed by atoms with van der Waals surface area (Å²) in [6.45, 7) is 7.15. The number of carbonyl (C=O) groups excluding carboxylic acids is 1. The van der Waals surface area contributed by atoms with Crippen LogP contribution >= 0.6 is 0 Å². The predicted molar refractivity (Wildman–Crippen MR) is 99.9 cm³/mol. The zero-order valence-electron chi connectivity index (χ0n) is 14.6. The fourth-order valence-corrected chi connectivity index (χ4v) is 3.19. The number of aryl methyl sites for hydroxylation is 2. The number of nitrogens with one attached hydrogen (secondary N) is 1. The molecule has 0 bridgehead atoms. The molecule has 2 aromatic carbocycles. The van der Waals surface area contributed by atoms with Gasteiger partial charge in [-0.1, -0.05) is 29.8 Å². The number of carbonyl (C=O) groups is 1. The molecule has 0 spiro atoms. The quantitative estimate of drug-likeness (QED) is 0.914. The van der Waals surface area contributed by atoms with Crippen LogP contribution in [0.1, 0.15) is 16.7 Å². The Hall–Kier alpha value is -3.00. The number of rotatable bonds is 2. The van der Waals surface area contributed by atoms with Crippen LogP contribution in [0.4, 0.5) is 16.2 Å². The number of amides is 2. The number of hydrogen-bond acceptors (Lipinski definition) is 3. The van der Waals surface area contributed by atoms with Gasteiger partial charge in [0.05, 0.1) is 11.3 Å². The molecule has 5 nitrogen and oxygen atoms in total. The maximum atomic E-state index is 12.5. The minimum absolute atomic E-state index is 0.150. The topological polar surface area (TPSA) is 59.4 Å². The minimum Gasteiger partial charge on any atom is -0.368 e. The average Bonchev–Trinajstić information content (AvgIpc) is 2.62. The number of piperazine rings is 1. The van der Waals surface area contributed by atoms with E-state index in [0.717, 1.165) is 13.1 Å². The Morgan fingerprint density at radius 3 is 2.48 bits per heavy atom. The van der Waals surface area contributed by atoms with Gasteiger partial charge in [-0.2, -0.15) is 5.26 Å². The summed E-state index contributed by atoms with van der Waals surface area (Å²) in [5.74, 6) is 0. The lowest BCUT2D eigenvalue weighted by Crippen LogP contribution is -2.50. The highest BCUT2D eigenvalue weighted by atomic mass is 16.2. The van der Waals surface area contributed by atoms with Gasteiger partial charge in [-0.25, -0.2) is 4.79 Å². The summed E-state index contributed by atoms with van der Waals surface area (Å²) in [5.41, 5.74) is 4.80. The molecular weight excluding hydrogens is 312 g/mol. The average molecular weight is 334 g/mol. The molecule has 2 aromatic rings. The first-order valence-corrected chi connectivity index (χ1v) is 8.46. The highest BCUT2D eigenvalue weighted by Crippen LogP contribution is 2.23. The minimum atomic E-state index is -0.150. The van der Waals surface area contributed by atoms with Crippen molar-refractivity contribution in [1.82, 2.24) is 4.90 Å². The molecule has 1 fully saturated rings. The van der Waals surface area contributed by atoms with Crippen LogP contribution in [0.2, 0.25) is 0 Å². The van der Waals surface area contributed by atoms with Gasteiger partial charge in [-0.15, -0.1) is 0 Å². The fourth-order valence-electron chi connectivity index (χ4n) is 3.19. The van der Waals surface area contributed by atoms with Crippen molar-refractivity contribution in [3.8, 4) is 6.07 Å². The maximum absolute atomic E-state index is 12.5. The van der Waals surface area contributed by atoms with Crippen molar-refractivity contribution in [2.75, 3.05) is 36.4 Å². The molecule has 1 heterocycles. The van der Waals surface area contributed by atoms with E-state index >= 15 is 0 Å². The summed E-state index contributed by atoms with van der Waals surface area (Å²) < 4.78 is 0. The fraction of sp³-hybridized carbons (Fsp3) is 0.300. The highest BCUT2D eigenvalue weighted by Gasteiger charge is 2.22. The van der Waals surface area contributed by atoms with Gasteiger partial charge in [-0.05, 0) is 37.6 Å². The molecule has 0 atom stereocenters. The van der Waals surface area contributed by atoms with Crippen molar-refractivity contribution >= 4 is 17.4 Å². The third-order valence-electron chi connectivity index (χ3n) is 4.55. The van der Waals surface area contributed by atoms with Crippen molar-refractivity contribution in [2.24, 2.45) is 0 Å². The lowest BCUT2D eigenvalue weighted by Gasteiger charge is -2.36. The Kier molecular flexibility index (Phi) is 4.90. The standard InChI is InChI=1S/C20H22N4O/c1-15-7-8-19(16(2)13-15)23-9-11-24(12-10-23)20(25)22-18-6-4-3-5-17(18)14-21/h3-8,13H,9-12H2,1-2H3,(H,22,25). The molecule has 0 aliphatic carbocycles. The molecule has 0 unspecified atom stereocenters. The third kappa shape index (κ3) is 3.74. The van der Waals surface area contributed by atoms with E-state index in [4.69, 9.17) is 5.26 Å². The van der Waals surface area contributed by atoms with Crippen LogP contribution in [0.5, 0.6) is 0 Å². The SMILES string of the molecule is Cc1ccc(N2CCN(C(=O)Nc3ccccc3C#N)CC2)c(C)c1. The van der Waals surface area contributed by atoms with Crippen LogP contribution in [0, 0.1) is 25.2 Å². The van der Waals surface area contributed by atoms with Crippen molar-refractivity contribution in [3.05, 3.63) is 59.2 Å². The van der Waals surface area contributed by atoms with Gasteiger partial charge in [-0.3, -0.25) is 0 Å². The molecule has 0 radical (unpaired) electrons. The van der Waals surface area contributed by atoms with Crippen LogP contribution in [0.3, 0.4) is 0 Å². The monoisotopic (exact) mass is 334 g/mol. The van der Waals surface area contributed by atoms with E-state index in [1.165, 1.54) is 16.8 Å². The smallest absolute Gasteiger partial charge is 0.322 e. The first kappa shape index (κ1) is 16.8. The van der Waals surface area contributed by atoms with E-state index in [-0.39, 0.29) is 6.03 Å². The lowest BCUT2D eigenvalue weighted by atomic mass is 10.1. The number of para-hydroxylation sites is 1. The normalized spacial score (nSPS) is 14.1. The highest BCUT2D eigenvalue weighted by molar-refractivity contribution is 5.91. The Morgan fingerprint density at radius 2 is 1.80 bits per heavy atom. The molecule has 1 aliphatic rings. The Morgan fingerprint density at radius 1 is 1.08 bits per heavy atom. The summed E-state index contributed by atoms with van der Waals surface area (Å²) in [6.07, 6.45) is 0. The van der Waals surface area contributed by atoms with Crippen LogP contribution in [0.15, 0.2) is 42.5 Å². The number of nitriles is 1. The van der Waals surface area contributed by atoms with Crippen LogP contribution in [0.25, 0.3) is 0 Å². The van der Waals surface area contributed by atoms with Crippen LogP contribution in [-0.4, -0.2) is 37.1 Å². The maximum Gasteiger partial charge on any atom is 0.322 e. The van der Waals surface area contributed by atoms with Crippen molar-refractivity contribution in [3.63, 3.8) is 0 Å². The summed E-state index contributed by atoms with van der Waals surface area (Å²) >= 11 is 0. The Bertz CT molecular complexity index is 817. The molecule has 1 N–H and O–H groups in total. The van der Waals surface area contributed by atoms with E-state index in [1.54, 1.807) is 23.1 Å². The van der Waals surface area contributed by atoms with Gasteiger partial charge in [0.15, 0.2) is 0 Å². The second-order valence-corrected chi connectivity index (χ2v) is 6.35. The molecule has 128 valence electrons. The number of anilines is 2. The molecule has 1 saturated heterocycles. The van der Waals surface area contributed by atoms with Crippen molar-refractivity contribution in [1.29, 1.82) is 5.26 Å². The zero-order chi connectivity index (χ0) is 17.8. The molecule has 25 heavy (non-hydrogen) atoms. The second-order valence-electron chi connectivity index (χ2n) is 6.35. The Balaban J connectivity index is 1.62. The third-order valence-corrected chi connectivity index (χ3v) is 4.55. The van der Waals surface area contributed by atoms with Gasteiger partial charge >= 0.3 is 6.03 Å². The molecule has 0 saturated carbocycles. The summed E-state index contributed by atoms with van der Waals surface area (Å²) in [4.78, 5) is 16.6. The zero-order valence-corrected chi connectivity index (χ0v) is 14.6. The van der Waals surface area contributed by atoms with Gasteiger partial charge < -0.3 is 15.1 Å². The summed E-state index contributed by atoms with van der Waals surface area (Å²) in [7, 11) is 0.